The predicted octanol–water partition coefficient (Wildman–Crippen LogP) is 0.686. The fraction of sp³-hybridized carbons (Fsp3) is 0.400. The van der Waals surface area contributed by atoms with Crippen LogP contribution >= 0.6 is 0 Å². The zero-order valence-electron chi connectivity index (χ0n) is 14.0. The second-order valence-corrected chi connectivity index (χ2v) is 6.65. The van der Waals surface area contributed by atoms with E-state index in [1.807, 2.05) is 60.7 Å². The van der Waals surface area contributed by atoms with Crippen molar-refractivity contribution in [2.75, 3.05) is 13.2 Å². The number of hydrogen-bond donors (Lipinski definition) is 4. The second kappa shape index (κ2) is 7.23. The van der Waals surface area contributed by atoms with E-state index >= 15 is 0 Å². The minimum atomic E-state index is -1.73. The Morgan fingerprint density at radius 3 is 1.36 bits per heavy atom. The molecule has 4 atom stereocenters. The van der Waals surface area contributed by atoms with E-state index in [9.17, 15) is 20.4 Å². The summed E-state index contributed by atoms with van der Waals surface area (Å²) in [6.07, 6.45) is -1.75. The van der Waals surface area contributed by atoms with Crippen LogP contribution in [0.1, 0.15) is 11.1 Å². The van der Waals surface area contributed by atoms with E-state index in [0.717, 1.165) is 11.1 Å². The van der Waals surface area contributed by atoms with E-state index in [1.165, 1.54) is 0 Å². The van der Waals surface area contributed by atoms with E-state index in [-0.39, 0.29) is 12.8 Å². The van der Waals surface area contributed by atoms with Crippen molar-refractivity contribution in [3.63, 3.8) is 0 Å². The first-order chi connectivity index (χ1) is 12.0. The van der Waals surface area contributed by atoms with E-state index < -0.39 is 36.6 Å². The minimum Gasteiger partial charge on any atom is -0.394 e. The molecule has 1 aliphatic rings. The average molecular weight is 344 g/mol. The Balaban J connectivity index is 2.00. The van der Waals surface area contributed by atoms with E-state index in [4.69, 9.17) is 4.74 Å². The summed E-state index contributed by atoms with van der Waals surface area (Å²) in [5.41, 5.74) is -1.83. The molecule has 0 saturated carbocycles. The van der Waals surface area contributed by atoms with Crippen LogP contribution in [0, 0.1) is 0 Å². The molecule has 0 spiro atoms. The van der Waals surface area contributed by atoms with Crippen molar-refractivity contribution in [2.24, 2.45) is 0 Å². The molecular formula is C20H24O5. The van der Waals surface area contributed by atoms with Gasteiger partial charge in [0.05, 0.1) is 13.2 Å². The van der Waals surface area contributed by atoms with Crippen molar-refractivity contribution in [3.8, 4) is 0 Å². The molecule has 1 saturated heterocycles. The third-order valence-electron chi connectivity index (χ3n) is 5.11. The summed E-state index contributed by atoms with van der Waals surface area (Å²) in [7, 11) is 0. The van der Waals surface area contributed by atoms with Crippen LogP contribution in [0.15, 0.2) is 60.7 Å². The topological polar surface area (TPSA) is 90.2 Å². The molecule has 3 rings (SSSR count). The van der Waals surface area contributed by atoms with Crippen LogP contribution in [0.4, 0.5) is 0 Å². The van der Waals surface area contributed by atoms with Crippen molar-refractivity contribution in [1.82, 2.24) is 0 Å². The van der Waals surface area contributed by atoms with Gasteiger partial charge in [-0.05, 0) is 11.1 Å². The molecule has 1 aliphatic heterocycles. The van der Waals surface area contributed by atoms with Gasteiger partial charge in [-0.15, -0.1) is 0 Å². The lowest BCUT2D eigenvalue weighted by Crippen LogP contribution is -2.62. The lowest BCUT2D eigenvalue weighted by Gasteiger charge is -2.41. The lowest BCUT2D eigenvalue weighted by atomic mass is 9.71. The zero-order chi connectivity index (χ0) is 17.9. The molecule has 134 valence electrons. The van der Waals surface area contributed by atoms with Crippen molar-refractivity contribution in [1.29, 1.82) is 0 Å². The Morgan fingerprint density at radius 2 is 1.04 bits per heavy atom. The molecule has 2 aromatic carbocycles. The molecule has 1 fully saturated rings. The smallest absolute Gasteiger partial charge is 0.128 e. The van der Waals surface area contributed by atoms with Gasteiger partial charge in [0.15, 0.2) is 0 Å². The molecule has 25 heavy (non-hydrogen) atoms. The van der Waals surface area contributed by atoms with Crippen molar-refractivity contribution in [3.05, 3.63) is 71.8 Å². The fourth-order valence-electron chi connectivity index (χ4n) is 3.72. The van der Waals surface area contributed by atoms with E-state index in [1.54, 1.807) is 0 Å². The molecule has 0 amide bonds. The summed E-state index contributed by atoms with van der Waals surface area (Å²) in [4.78, 5) is 0. The van der Waals surface area contributed by atoms with Crippen LogP contribution < -0.4 is 0 Å². The molecule has 0 unspecified atom stereocenters. The molecule has 0 bridgehead atoms. The number of ether oxygens (including phenoxy) is 1. The molecule has 2 aromatic rings. The first-order valence-corrected chi connectivity index (χ1v) is 8.43. The van der Waals surface area contributed by atoms with Crippen molar-refractivity contribution in [2.45, 2.75) is 36.3 Å². The summed E-state index contributed by atoms with van der Waals surface area (Å²) >= 11 is 0. The number of aliphatic hydroxyl groups is 4. The number of hydrogen-bond acceptors (Lipinski definition) is 5. The second-order valence-electron chi connectivity index (χ2n) is 6.65. The van der Waals surface area contributed by atoms with Gasteiger partial charge >= 0.3 is 0 Å². The highest BCUT2D eigenvalue weighted by molar-refractivity contribution is 5.27. The molecule has 5 nitrogen and oxygen atoms in total. The Kier molecular flexibility index (Phi) is 5.22. The maximum atomic E-state index is 11.4. The third-order valence-corrected chi connectivity index (χ3v) is 5.11. The van der Waals surface area contributed by atoms with Crippen LogP contribution in [0.5, 0.6) is 0 Å². The molecule has 0 aromatic heterocycles. The van der Waals surface area contributed by atoms with Gasteiger partial charge in [0.25, 0.3) is 0 Å². The molecule has 4 N–H and O–H groups in total. The van der Waals surface area contributed by atoms with Gasteiger partial charge in [-0.25, -0.2) is 0 Å². The molecule has 0 radical (unpaired) electrons. The van der Waals surface area contributed by atoms with Crippen LogP contribution in [0.25, 0.3) is 0 Å². The first kappa shape index (κ1) is 18.0. The van der Waals surface area contributed by atoms with Gasteiger partial charge in [-0.2, -0.15) is 0 Å². The Labute approximate surface area is 147 Å². The summed E-state index contributed by atoms with van der Waals surface area (Å²) < 4.78 is 5.64. The molecule has 1 heterocycles. The Morgan fingerprint density at radius 1 is 0.680 bits per heavy atom. The Bertz CT molecular complexity index is 618. The third kappa shape index (κ3) is 3.21. The van der Waals surface area contributed by atoms with Gasteiger partial charge < -0.3 is 25.2 Å². The molecule has 0 aliphatic carbocycles. The highest BCUT2D eigenvalue weighted by Crippen LogP contribution is 2.44. The minimum absolute atomic E-state index is 0.110. The number of benzene rings is 2. The summed E-state index contributed by atoms with van der Waals surface area (Å²) in [6.45, 7) is -0.895. The lowest BCUT2D eigenvalue weighted by molar-refractivity contribution is -0.149. The molecular weight excluding hydrogens is 320 g/mol. The van der Waals surface area contributed by atoms with Gasteiger partial charge in [0.1, 0.15) is 23.4 Å². The van der Waals surface area contributed by atoms with Gasteiger partial charge in [-0.1, -0.05) is 60.7 Å². The van der Waals surface area contributed by atoms with E-state index in [2.05, 4.69) is 0 Å². The van der Waals surface area contributed by atoms with Crippen LogP contribution in [0.2, 0.25) is 0 Å². The maximum absolute atomic E-state index is 11.4. The highest BCUT2D eigenvalue weighted by atomic mass is 16.6. The fourth-order valence-corrected chi connectivity index (χ4v) is 3.72. The van der Waals surface area contributed by atoms with Crippen molar-refractivity contribution >= 4 is 0 Å². The van der Waals surface area contributed by atoms with Gasteiger partial charge in [-0.3, -0.25) is 0 Å². The summed E-state index contributed by atoms with van der Waals surface area (Å²) in [6, 6.07) is 18.5. The largest absolute Gasteiger partial charge is 0.394 e. The average Bonchev–Trinajstić information content (AvgIpc) is 2.83. The summed E-state index contributed by atoms with van der Waals surface area (Å²) in [5, 5.41) is 42.3. The standard InChI is InChI=1S/C20H24O5/c21-13-17-19(23,11-15-7-3-1-4-8-15)20(24,18(14-22)25-17)12-16-9-5-2-6-10-16/h1-10,17-18,21-24H,11-14H2/t17-,18+,19-,20-/m1/s1. The van der Waals surface area contributed by atoms with Crippen LogP contribution in [-0.2, 0) is 17.6 Å². The Hall–Kier alpha value is -1.76. The number of aliphatic hydroxyl groups excluding tert-OH is 2. The molecule has 5 heteroatoms. The maximum Gasteiger partial charge on any atom is 0.128 e. The van der Waals surface area contributed by atoms with Gasteiger partial charge in [0, 0.05) is 12.8 Å². The van der Waals surface area contributed by atoms with Crippen LogP contribution in [-0.4, -0.2) is 57.0 Å². The number of rotatable bonds is 6. The highest BCUT2D eigenvalue weighted by Gasteiger charge is 2.64. The quantitative estimate of drug-likeness (QED) is 0.619. The predicted molar refractivity (Wildman–Crippen MR) is 93.0 cm³/mol. The zero-order valence-corrected chi connectivity index (χ0v) is 14.0. The van der Waals surface area contributed by atoms with E-state index in [0.29, 0.717) is 0 Å². The van der Waals surface area contributed by atoms with Crippen LogP contribution in [0.3, 0.4) is 0 Å². The van der Waals surface area contributed by atoms with Crippen molar-refractivity contribution < 1.29 is 25.2 Å². The normalized spacial score (nSPS) is 32.0. The van der Waals surface area contributed by atoms with Gasteiger partial charge in [0.2, 0.25) is 0 Å². The summed E-state index contributed by atoms with van der Waals surface area (Å²) in [5.74, 6) is 0. The monoisotopic (exact) mass is 344 g/mol. The first-order valence-electron chi connectivity index (χ1n) is 8.43. The SMILES string of the molecule is OC[C@@H]1O[C@H](CO)[C@](O)(Cc2ccccc2)[C@@]1(O)Cc1ccccc1.